The molecule has 1 aromatic carbocycles. The highest BCUT2D eigenvalue weighted by Crippen LogP contribution is 2.17. The van der Waals surface area contributed by atoms with Gasteiger partial charge in [0.25, 0.3) is 0 Å². The lowest BCUT2D eigenvalue weighted by atomic mass is 10.2. The number of sulfone groups is 1. The first-order valence-electron chi connectivity index (χ1n) is 4.28. The van der Waals surface area contributed by atoms with Gasteiger partial charge in [0, 0.05) is 5.69 Å². The summed E-state index contributed by atoms with van der Waals surface area (Å²) in [5, 5.41) is 2.96. The first-order chi connectivity index (χ1) is 6.55. The topological polar surface area (TPSA) is 46.2 Å². The highest BCUT2D eigenvalue weighted by atomic mass is 32.2. The second kappa shape index (κ2) is 3.24. The van der Waals surface area contributed by atoms with Crippen molar-refractivity contribution in [2.75, 3.05) is 16.8 Å². The van der Waals surface area contributed by atoms with Gasteiger partial charge in [0.2, 0.25) is 0 Å². The van der Waals surface area contributed by atoms with Gasteiger partial charge in [-0.3, -0.25) is 0 Å². The number of rotatable bonds is 2. The molecule has 2 rings (SSSR count). The van der Waals surface area contributed by atoms with Crippen molar-refractivity contribution in [3.63, 3.8) is 0 Å². The maximum Gasteiger partial charge on any atom is 0.154 e. The molecular weight excluding hydrogens is 205 g/mol. The van der Waals surface area contributed by atoms with Crippen molar-refractivity contribution in [1.29, 1.82) is 0 Å². The molecule has 0 amide bonds. The normalized spacial score (nSPS) is 20.1. The summed E-state index contributed by atoms with van der Waals surface area (Å²) in [7, 11) is -2.82. The molecule has 0 saturated carbocycles. The van der Waals surface area contributed by atoms with Crippen molar-refractivity contribution in [2.24, 2.45) is 0 Å². The first-order valence-corrected chi connectivity index (χ1v) is 6.10. The van der Waals surface area contributed by atoms with Gasteiger partial charge in [0.15, 0.2) is 9.84 Å². The Labute approximate surface area is 81.9 Å². The summed E-state index contributed by atoms with van der Waals surface area (Å²) in [5.41, 5.74) is 0.630. The molecule has 0 aromatic heterocycles. The van der Waals surface area contributed by atoms with E-state index >= 15 is 0 Å². The second-order valence-electron chi connectivity index (χ2n) is 3.43. The average Bonchev–Trinajstić information content (AvgIpc) is 2.00. The van der Waals surface area contributed by atoms with Gasteiger partial charge in [-0.25, -0.2) is 12.8 Å². The number of hydrogen-bond acceptors (Lipinski definition) is 3. The molecule has 1 heterocycles. The summed E-state index contributed by atoms with van der Waals surface area (Å²) in [4.78, 5) is 0. The Morgan fingerprint density at radius 1 is 1.36 bits per heavy atom. The van der Waals surface area contributed by atoms with E-state index in [-0.39, 0.29) is 23.4 Å². The van der Waals surface area contributed by atoms with Gasteiger partial charge >= 0.3 is 0 Å². The molecule has 0 radical (unpaired) electrons. The summed E-state index contributed by atoms with van der Waals surface area (Å²) in [6.07, 6.45) is 0. The standard InChI is InChI=1S/C9H10FNO2S/c10-7-2-1-3-8(4-7)11-9-5-14(12,13)6-9/h1-4,9,11H,5-6H2. The highest BCUT2D eigenvalue weighted by molar-refractivity contribution is 7.92. The predicted octanol–water partition coefficient (Wildman–Crippen LogP) is 1.03. The summed E-state index contributed by atoms with van der Waals surface area (Å²) >= 11 is 0. The van der Waals surface area contributed by atoms with Gasteiger partial charge in [0.1, 0.15) is 5.82 Å². The van der Waals surface area contributed by atoms with Crippen LogP contribution in [0.15, 0.2) is 24.3 Å². The third-order valence-corrected chi connectivity index (χ3v) is 3.93. The molecule has 0 unspecified atom stereocenters. The van der Waals surface area contributed by atoms with Crippen LogP contribution in [0.2, 0.25) is 0 Å². The second-order valence-corrected chi connectivity index (χ2v) is 5.58. The summed E-state index contributed by atoms with van der Waals surface area (Å²) < 4.78 is 34.4. The van der Waals surface area contributed by atoms with E-state index in [9.17, 15) is 12.8 Å². The van der Waals surface area contributed by atoms with Crippen molar-refractivity contribution in [1.82, 2.24) is 0 Å². The quantitative estimate of drug-likeness (QED) is 0.801. The lowest BCUT2D eigenvalue weighted by Gasteiger charge is -2.27. The zero-order valence-corrected chi connectivity index (χ0v) is 8.22. The fraction of sp³-hybridized carbons (Fsp3) is 0.333. The van der Waals surface area contributed by atoms with Gasteiger partial charge in [-0.2, -0.15) is 0 Å². The zero-order valence-electron chi connectivity index (χ0n) is 7.40. The molecule has 0 aliphatic carbocycles. The molecule has 14 heavy (non-hydrogen) atoms. The van der Waals surface area contributed by atoms with E-state index in [0.29, 0.717) is 5.69 Å². The van der Waals surface area contributed by atoms with Crippen LogP contribution >= 0.6 is 0 Å². The number of nitrogens with one attached hydrogen (secondary N) is 1. The summed E-state index contributed by atoms with van der Waals surface area (Å²) in [5.74, 6) is -0.0373. The molecule has 1 saturated heterocycles. The molecule has 0 bridgehead atoms. The Morgan fingerprint density at radius 2 is 2.07 bits per heavy atom. The summed E-state index contributed by atoms with van der Waals surface area (Å²) in [6, 6.07) is 5.94. The third kappa shape index (κ3) is 2.04. The molecule has 5 heteroatoms. The largest absolute Gasteiger partial charge is 0.380 e. The van der Waals surface area contributed by atoms with Gasteiger partial charge in [0.05, 0.1) is 17.5 Å². The van der Waals surface area contributed by atoms with Gasteiger partial charge in [-0.05, 0) is 18.2 Å². The van der Waals surface area contributed by atoms with Gasteiger partial charge in [-0.1, -0.05) is 6.07 Å². The van der Waals surface area contributed by atoms with E-state index in [0.717, 1.165) is 0 Å². The van der Waals surface area contributed by atoms with Crippen molar-refractivity contribution < 1.29 is 12.8 Å². The minimum absolute atomic E-state index is 0.0678. The molecule has 0 spiro atoms. The number of anilines is 1. The lowest BCUT2D eigenvalue weighted by Crippen LogP contribution is -2.46. The van der Waals surface area contributed by atoms with Crippen LogP contribution < -0.4 is 5.32 Å². The van der Waals surface area contributed by atoms with Crippen LogP contribution in [0.1, 0.15) is 0 Å². The fourth-order valence-corrected chi connectivity index (χ4v) is 2.76. The summed E-state index contributed by atoms with van der Waals surface area (Å²) in [6.45, 7) is 0. The van der Waals surface area contributed by atoms with Crippen molar-refractivity contribution >= 4 is 15.5 Å². The first kappa shape index (κ1) is 9.45. The zero-order chi connectivity index (χ0) is 10.2. The van der Waals surface area contributed by atoms with Crippen LogP contribution in [0, 0.1) is 5.82 Å². The Hall–Kier alpha value is -1.10. The molecule has 1 aliphatic heterocycles. The Kier molecular flexibility index (Phi) is 2.19. The van der Waals surface area contributed by atoms with Crippen LogP contribution in [0.25, 0.3) is 0 Å². The average molecular weight is 215 g/mol. The Bertz CT molecular complexity index is 432. The Morgan fingerprint density at radius 3 is 2.64 bits per heavy atom. The number of hydrogen-bond donors (Lipinski definition) is 1. The molecule has 1 aromatic rings. The molecule has 0 atom stereocenters. The SMILES string of the molecule is O=S1(=O)CC(Nc2cccc(F)c2)C1. The van der Waals surface area contributed by atoms with Crippen molar-refractivity contribution in [3.05, 3.63) is 30.1 Å². The monoisotopic (exact) mass is 215 g/mol. The molecule has 1 N–H and O–H groups in total. The van der Waals surface area contributed by atoms with E-state index < -0.39 is 9.84 Å². The maximum atomic E-state index is 12.7. The molecule has 1 fully saturated rings. The number of halogens is 1. The van der Waals surface area contributed by atoms with Crippen molar-refractivity contribution in [3.8, 4) is 0 Å². The Balaban J connectivity index is 2.00. The minimum atomic E-state index is -2.82. The van der Waals surface area contributed by atoms with Gasteiger partial charge in [-0.15, -0.1) is 0 Å². The highest BCUT2D eigenvalue weighted by Gasteiger charge is 2.32. The van der Waals surface area contributed by atoms with Crippen molar-refractivity contribution in [2.45, 2.75) is 6.04 Å². The maximum absolute atomic E-state index is 12.7. The van der Waals surface area contributed by atoms with E-state index in [1.165, 1.54) is 12.1 Å². The lowest BCUT2D eigenvalue weighted by molar-refractivity contribution is 0.570. The van der Waals surface area contributed by atoms with Crippen LogP contribution in [0.5, 0.6) is 0 Å². The van der Waals surface area contributed by atoms with Crippen LogP contribution in [0.3, 0.4) is 0 Å². The van der Waals surface area contributed by atoms with E-state index in [4.69, 9.17) is 0 Å². The van der Waals surface area contributed by atoms with E-state index in [1.54, 1.807) is 12.1 Å². The van der Waals surface area contributed by atoms with E-state index in [1.807, 2.05) is 0 Å². The molecular formula is C9H10FNO2S. The van der Waals surface area contributed by atoms with Crippen LogP contribution in [-0.4, -0.2) is 26.0 Å². The molecule has 1 aliphatic rings. The fourth-order valence-electron chi connectivity index (χ4n) is 1.46. The third-order valence-electron chi connectivity index (χ3n) is 2.11. The van der Waals surface area contributed by atoms with Crippen LogP contribution in [-0.2, 0) is 9.84 Å². The molecule has 3 nitrogen and oxygen atoms in total. The van der Waals surface area contributed by atoms with Crippen LogP contribution in [0.4, 0.5) is 10.1 Å². The minimum Gasteiger partial charge on any atom is -0.380 e. The van der Waals surface area contributed by atoms with E-state index in [2.05, 4.69) is 5.32 Å². The molecule has 76 valence electrons. The number of benzene rings is 1. The predicted molar refractivity (Wildman–Crippen MR) is 52.5 cm³/mol. The smallest absolute Gasteiger partial charge is 0.154 e. The van der Waals surface area contributed by atoms with Gasteiger partial charge < -0.3 is 5.32 Å².